The first-order chi connectivity index (χ1) is 7.59. The van der Waals surface area contributed by atoms with Gasteiger partial charge >= 0.3 is 0 Å². The number of imidazole rings is 1. The summed E-state index contributed by atoms with van der Waals surface area (Å²) in [7, 11) is 0. The van der Waals surface area contributed by atoms with Crippen LogP contribution in [0.15, 0.2) is 22.8 Å². The number of hydrogen-bond acceptors (Lipinski definition) is 4. The smallest absolute Gasteiger partial charge is 0.268 e. The van der Waals surface area contributed by atoms with Gasteiger partial charge in [-0.1, -0.05) is 0 Å². The van der Waals surface area contributed by atoms with Crippen LogP contribution >= 0.6 is 12.2 Å². The van der Waals surface area contributed by atoms with Crippen LogP contribution in [-0.2, 0) is 6.54 Å². The number of nitrogens with zero attached hydrogens (tertiary/aromatic N) is 1. The zero-order chi connectivity index (χ0) is 11.7. The molecule has 6 nitrogen and oxygen atoms in total. The van der Waals surface area contributed by atoms with Crippen molar-refractivity contribution < 1.29 is 9.21 Å². The van der Waals surface area contributed by atoms with E-state index in [1.165, 1.54) is 0 Å². The number of nitrogen functional groups attached to an aromatic ring is 1. The number of primary amides is 1. The van der Waals surface area contributed by atoms with Crippen molar-refractivity contribution in [3.63, 3.8) is 0 Å². The van der Waals surface area contributed by atoms with Crippen LogP contribution in [0, 0.1) is 4.77 Å². The summed E-state index contributed by atoms with van der Waals surface area (Å²) in [5.41, 5.74) is 11.0. The number of nitrogens with two attached hydrogens (primary N) is 2. The maximum Gasteiger partial charge on any atom is 0.268 e. The van der Waals surface area contributed by atoms with E-state index in [0.717, 1.165) is 0 Å². The lowest BCUT2D eigenvalue weighted by Crippen LogP contribution is -2.14. The fourth-order valence-corrected chi connectivity index (χ4v) is 1.65. The standard InChI is InChI=1S/C9H10N4O2S/c10-7-6(8(11)14)12-9(16)13(7)4-5-2-1-3-15-5/h1-3H,4,10H2,(H2,11,14)(H,12,16). The number of carbonyl (C=O) groups is 1. The molecule has 2 rings (SSSR count). The summed E-state index contributed by atoms with van der Waals surface area (Å²) in [5.74, 6) is 0.272. The van der Waals surface area contributed by atoms with Crippen LogP contribution in [0.4, 0.5) is 5.82 Å². The van der Waals surface area contributed by atoms with E-state index in [1.54, 1.807) is 23.0 Å². The van der Waals surface area contributed by atoms with Gasteiger partial charge in [-0.05, 0) is 24.4 Å². The highest BCUT2D eigenvalue weighted by Gasteiger charge is 2.14. The molecule has 0 aliphatic carbocycles. The summed E-state index contributed by atoms with van der Waals surface area (Å²) < 4.78 is 7.05. The molecule has 1 amide bonds. The number of hydrogen-bond donors (Lipinski definition) is 3. The minimum atomic E-state index is -0.637. The zero-order valence-corrected chi connectivity index (χ0v) is 9.08. The Morgan fingerprint density at radius 3 is 2.88 bits per heavy atom. The van der Waals surface area contributed by atoms with Crippen molar-refractivity contribution in [2.75, 3.05) is 5.73 Å². The van der Waals surface area contributed by atoms with Gasteiger partial charge in [0.1, 0.15) is 17.3 Å². The first-order valence-corrected chi connectivity index (χ1v) is 4.91. The molecule has 0 fully saturated rings. The van der Waals surface area contributed by atoms with Crippen LogP contribution in [-0.4, -0.2) is 15.5 Å². The Kier molecular flexibility index (Phi) is 2.53. The molecule has 0 aromatic carbocycles. The lowest BCUT2D eigenvalue weighted by molar-refractivity contribution is 0.0997. The second-order valence-electron chi connectivity index (χ2n) is 3.22. The quantitative estimate of drug-likeness (QED) is 0.690. The molecule has 0 aliphatic rings. The second-order valence-corrected chi connectivity index (χ2v) is 3.61. The van der Waals surface area contributed by atoms with E-state index in [0.29, 0.717) is 17.1 Å². The lowest BCUT2D eigenvalue weighted by Gasteiger charge is -2.02. The highest BCUT2D eigenvalue weighted by Crippen LogP contribution is 2.14. The summed E-state index contributed by atoms with van der Waals surface area (Å²) in [6.07, 6.45) is 1.55. The molecule has 0 unspecified atom stereocenters. The van der Waals surface area contributed by atoms with Crippen molar-refractivity contribution >= 4 is 23.9 Å². The van der Waals surface area contributed by atoms with Crippen LogP contribution < -0.4 is 11.5 Å². The summed E-state index contributed by atoms with van der Waals surface area (Å²) >= 11 is 5.03. The molecule has 2 heterocycles. The molecule has 2 aromatic rings. The van der Waals surface area contributed by atoms with E-state index >= 15 is 0 Å². The fraction of sp³-hybridized carbons (Fsp3) is 0.111. The van der Waals surface area contributed by atoms with Crippen molar-refractivity contribution in [1.82, 2.24) is 9.55 Å². The van der Waals surface area contributed by atoms with Gasteiger partial charge in [0.05, 0.1) is 12.8 Å². The van der Waals surface area contributed by atoms with E-state index in [-0.39, 0.29) is 11.5 Å². The van der Waals surface area contributed by atoms with Gasteiger partial charge in [0.2, 0.25) is 0 Å². The molecule has 5 N–H and O–H groups in total. The van der Waals surface area contributed by atoms with E-state index < -0.39 is 5.91 Å². The predicted octanol–water partition coefficient (Wildman–Crippen LogP) is 0.868. The number of amides is 1. The predicted molar refractivity (Wildman–Crippen MR) is 60.4 cm³/mol. The number of H-pyrrole nitrogens is 1. The van der Waals surface area contributed by atoms with E-state index in [1.807, 2.05) is 0 Å². The molecule has 0 aliphatic heterocycles. The Hall–Kier alpha value is -2.02. The molecule has 0 radical (unpaired) electrons. The molecule has 0 bridgehead atoms. The minimum absolute atomic E-state index is 0.122. The first kappa shape index (κ1) is 10.5. The molecule has 2 aromatic heterocycles. The fourth-order valence-electron chi connectivity index (χ4n) is 1.39. The van der Waals surface area contributed by atoms with Gasteiger partial charge in [0.15, 0.2) is 4.77 Å². The van der Waals surface area contributed by atoms with Crippen molar-refractivity contribution in [3.8, 4) is 0 Å². The van der Waals surface area contributed by atoms with Crippen molar-refractivity contribution in [2.24, 2.45) is 5.73 Å². The maximum atomic E-state index is 11.0. The number of rotatable bonds is 3. The molecule has 7 heteroatoms. The van der Waals surface area contributed by atoms with E-state index in [9.17, 15) is 4.79 Å². The van der Waals surface area contributed by atoms with E-state index in [4.69, 9.17) is 28.1 Å². The number of furan rings is 1. The number of aromatic amines is 1. The third-order valence-electron chi connectivity index (χ3n) is 2.16. The average molecular weight is 238 g/mol. The number of carbonyl (C=O) groups excluding carboxylic acids is 1. The van der Waals surface area contributed by atoms with Crippen molar-refractivity contribution in [1.29, 1.82) is 0 Å². The molecule has 16 heavy (non-hydrogen) atoms. The number of aromatic nitrogens is 2. The SMILES string of the molecule is NC(=O)c1[nH]c(=S)n(Cc2ccco2)c1N. The highest BCUT2D eigenvalue weighted by atomic mass is 32.1. The van der Waals surface area contributed by atoms with Gasteiger partial charge in [-0.25, -0.2) is 0 Å². The molecule has 0 saturated heterocycles. The van der Waals surface area contributed by atoms with Crippen molar-refractivity contribution in [3.05, 3.63) is 34.6 Å². The van der Waals surface area contributed by atoms with Gasteiger partial charge in [0, 0.05) is 0 Å². The van der Waals surface area contributed by atoms with Crippen LogP contribution in [0.1, 0.15) is 16.2 Å². The summed E-state index contributed by atoms with van der Waals surface area (Å²) in [4.78, 5) is 13.7. The van der Waals surface area contributed by atoms with Gasteiger partial charge < -0.3 is 20.9 Å². The summed E-state index contributed by atoms with van der Waals surface area (Å²) in [6, 6.07) is 3.55. The molecule has 0 spiro atoms. The molecule has 84 valence electrons. The van der Waals surface area contributed by atoms with Gasteiger partial charge in [-0.3, -0.25) is 9.36 Å². The van der Waals surface area contributed by atoms with Crippen LogP contribution in [0.3, 0.4) is 0 Å². The van der Waals surface area contributed by atoms with Crippen LogP contribution in [0.2, 0.25) is 0 Å². The highest BCUT2D eigenvalue weighted by molar-refractivity contribution is 7.71. The molecular formula is C9H10N4O2S. The average Bonchev–Trinajstić information content (AvgIpc) is 2.81. The van der Waals surface area contributed by atoms with Crippen LogP contribution in [0.25, 0.3) is 0 Å². The maximum absolute atomic E-state index is 11.0. The summed E-state index contributed by atoms with van der Waals surface area (Å²) in [5, 5.41) is 0. The second kappa shape index (κ2) is 3.86. The lowest BCUT2D eigenvalue weighted by atomic mass is 10.4. The Labute approximate surface area is 95.9 Å². The summed E-state index contributed by atoms with van der Waals surface area (Å²) in [6.45, 7) is 0.363. The van der Waals surface area contributed by atoms with Crippen LogP contribution in [0.5, 0.6) is 0 Å². The van der Waals surface area contributed by atoms with E-state index in [2.05, 4.69) is 4.98 Å². The zero-order valence-electron chi connectivity index (χ0n) is 8.27. The number of anilines is 1. The number of nitrogens with one attached hydrogen (secondary N) is 1. The van der Waals surface area contributed by atoms with Gasteiger partial charge in [-0.15, -0.1) is 0 Å². The Bertz CT molecular complexity index is 567. The largest absolute Gasteiger partial charge is 0.467 e. The Morgan fingerprint density at radius 1 is 1.62 bits per heavy atom. The third-order valence-corrected chi connectivity index (χ3v) is 2.49. The minimum Gasteiger partial charge on any atom is -0.467 e. The normalized spacial score (nSPS) is 10.5. The van der Waals surface area contributed by atoms with Gasteiger partial charge in [0.25, 0.3) is 5.91 Å². The molecule has 0 saturated carbocycles. The first-order valence-electron chi connectivity index (χ1n) is 4.50. The molecular weight excluding hydrogens is 228 g/mol. The third kappa shape index (κ3) is 1.72. The Morgan fingerprint density at radius 2 is 2.38 bits per heavy atom. The monoisotopic (exact) mass is 238 g/mol. The van der Waals surface area contributed by atoms with Gasteiger partial charge in [-0.2, -0.15) is 0 Å². The van der Waals surface area contributed by atoms with Crippen molar-refractivity contribution in [2.45, 2.75) is 6.54 Å². The topological polar surface area (TPSA) is 103 Å². The Balaban J connectivity index is 2.42. The molecule has 0 atom stereocenters.